The first-order valence-electron chi connectivity index (χ1n) is 13.3. The van der Waals surface area contributed by atoms with Crippen LogP contribution in [0.3, 0.4) is 0 Å². The van der Waals surface area contributed by atoms with E-state index in [0.717, 1.165) is 5.56 Å². The topological polar surface area (TPSA) is 164 Å². The molecule has 0 fully saturated rings. The van der Waals surface area contributed by atoms with Gasteiger partial charge in [-0.3, -0.25) is 5.32 Å². The molecule has 0 aliphatic heterocycles. The van der Waals surface area contributed by atoms with Crippen molar-refractivity contribution in [3.05, 3.63) is 72.9 Å². The van der Waals surface area contributed by atoms with Crippen molar-refractivity contribution >= 4 is 44.9 Å². The summed E-state index contributed by atoms with van der Waals surface area (Å²) in [5.74, 6) is 0. The van der Waals surface area contributed by atoms with E-state index in [2.05, 4.69) is 35.6 Å². The van der Waals surface area contributed by atoms with E-state index in [1.807, 2.05) is 0 Å². The zero-order chi connectivity index (χ0) is 31.2. The largest absolute Gasteiger partial charge is 0.447 e. The highest BCUT2D eigenvalue weighted by molar-refractivity contribution is 7.89. The molecule has 4 N–H and O–H groups in total. The first-order chi connectivity index (χ1) is 20.3. The quantitative estimate of drug-likeness (QED) is 0.187. The summed E-state index contributed by atoms with van der Waals surface area (Å²) in [4.78, 5) is 37.4. The smallest absolute Gasteiger partial charge is 0.411 e. The van der Waals surface area contributed by atoms with Crippen LogP contribution in [0.15, 0.2) is 72.3 Å². The molecule has 0 radical (unpaired) electrons. The molecule has 0 aliphatic carbocycles. The molecule has 4 aromatic rings. The number of benzene rings is 2. The molecular formula is C29H33N7O5S2. The summed E-state index contributed by atoms with van der Waals surface area (Å²) >= 11 is 1.31. The molecule has 4 rings (SSSR count). The van der Waals surface area contributed by atoms with E-state index in [1.54, 1.807) is 89.6 Å². The summed E-state index contributed by atoms with van der Waals surface area (Å²) in [5, 5.41) is 8.72. The molecule has 0 saturated carbocycles. The molecule has 0 bridgehead atoms. The minimum atomic E-state index is -4.00. The maximum atomic E-state index is 13.5. The molecule has 3 amide bonds. The monoisotopic (exact) mass is 623 g/mol. The Morgan fingerprint density at radius 3 is 2.28 bits per heavy atom. The molecule has 14 heteroatoms. The van der Waals surface area contributed by atoms with Gasteiger partial charge in [0, 0.05) is 58.7 Å². The van der Waals surface area contributed by atoms with E-state index in [4.69, 9.17) is 4.74 Å². The van der Waals surface area contributed by atoms with Crippen LogP contribution < -0.4 is 20.7 Å². The molecule has 0 saturated heterocycles. The van der Waals surface area contributed by atoms with E-state index in [-0.39, 0.29) is 17.5 Å². The van der Waals surface area contributed by atoms with Crippen LogP contribution in [0.25, 0.3) is 21.0 Å². The van der Waals surface area contributed by atoms with E-state index in [9.17, 15) is 18.0 Å². The Hall–Kier alpha value is -4.40. The van der Waals surface area contributed by atoms with Crippen molar-refractivity contribution in [2.24, 2.45) is 0 Å². The lowest BCUT2D eigenvalue weighted by Gasteiger charge is -2.22. The number of nitrogens with zero attached hydrogens (tertiary/aromatic N) is 3. The van der Waals surface area contributed by atoms with E-state index < -0.39 is 27.7 Å². The number of anilines is 2. The number of carbonyl (C=O) groups excluding carboxylic acids is 2. The average Bonchev–Trinajstić information content (AvgIpc) is 3.41. The van der Waals surface area contributed by atoms with Gasteiger partial charge in [-0.2, -0.15) is 0 Å². The highest BCUT2D eigenvalue weighted by Gasteiger charge is 2.26. The van der Waals surface area contributed by atoms with Gasteiger partial charge in [-0.1, -0.05) is 6.07 Å². The van der Waals surface area contributed by atoms with Gasteiger partial charge in [0.05, 0.1) is 15.9 Å². The molecule has 0 atom stereocenters. The van der Waals surface area contributed by atoms with E-state index in [1.165, 1.54) is 23.7 Å². The molecule has 2 heterocycles. The third-order valence-electron chi connectivity index (χ3n) is 5.53. The van der Waals surface area contributed by atoms with Crippen LogP contribution in [0.5, 0.6) is 0 Å². The van der Waals surface area contributed by atoms with Crippen LogP contribution in [-0.2, 0) is 21.3 Å². The summed E-state index contributed by atoms with van der Waals surface area (Å²) in [6.45, 7) is 8.98. The second-order valence-corrected chi connectivity index (χ2v) is 13.5. The number of urea groups is 1. The highest BCUT2D eigenvalue weighted by Crippen LogP contribution is 2.37. The van der Waals surface area contributed by atoms with Gasteiger partial charge < -0.3 is 15.4 Å². The lowest BCUT2D eigenvalue weighted by atomic mass is 10.1. The van der Waals surface area contributed by atoms with Crippen LogP contribution in [0.4, 0.5) is 21.0 Å². The molecule has 0 unspecified atom stereocenters. The Morgan fingerprint density at radius 1 is 0.953 bits per heavy atom. The number of amides is 3. The maximum absolute atomic E-state index is 13.5. The number of hydrogen-bond acceptors (Lipinski definition) is 9. The van der Waals surface area contributed by atoms with Crippen molar-refractivity contribution in [2.75, 3.05) is 10.6 Å². The fourth-order valence-electron chi connectivity index (χ4n) is 3.85. The van der Waals surface area contributed by atoms with Gasteiger partial charge in [-0.05, 0) is 71.0 Å². The molecule has 2 aromatic carbocycles. The second kappa shape index (κ2) is 13.3. The van der Waals surface area contributed by atoms with Gasteiger partial charge >= 0.3 is 12.1 Å². The van der Waals surface area contributed by atoms with Gasteiger partial charge in [0.2, 0.25) is 10.0 Å². The Bertz CT molecular complexity index is 1680. The number of thiazole rings is 1. The number of carbonyl (C=O) groups is 2. The minimum Gasteiger partial charge on any atom is -0.447 e. The Kier molecular flexibility index (Phi) is 9.73. The van der Waals surface area contributed by atoms with Crippen LogP contribution in [0.1, 0.15) is 40.2 Å². The maximum Gasteiger partial charge on any atom is 0.411 e. The zero-order valence-electron chi connectivity index (χ0n) is 24.3. The second-order valence-electron chi connectivity index (χ2n) is 10.8. The van der Waals surface area contributed by atoms with Gasteiger partial charge in [0.1, 0.15) is 11.3 Å². The number of sulfonamides is 1. The standard InChI is InChI=1S/C29H33N7O5S2/c1-18(2)41-28(38)35-21-8-6-20(7-9-21)26-32-16-24(42-26)23-11-10-22(12-25(23)43(39,40)36-29(3,4)5)34-27(37)33-15-19-13-30-17-31-14-19/h6-14,16-18,36H,15H2,1-5H3,(H,35,38)(H2,33,34,37). The molecule has 2 aromatic heterocycles. The number of nitrogens with one attached hydrogen (secondary N) is 4. The summed E-state index contributed by atoms with van der Waals surface area (Å²) in [6, 6.07) is 11.3. The number of aromatic nitrogens is 3. The molecule has 12 nitrogen and oxygen atoms in total. The fourth-order valence-corrected chi connectivity index (χ4v) is 6.54. The summed E-state index contributed by atoms with van der Waals surface area (Å²) < 4.78 is 34.9. The molecular weight excluding hydrogens is 590 g/mol. The number of hydrogen-bond donors (Lipinski definition) is 4. The fraction of sp³-hybridized carbons (Fsp3) is 0.276. The van der Waals surface area contributed by atoms with E-state index in [0.29, 0.717) is 32.4 Å². The van der Waals surface area contributed by atoms with Crippen LogP contribution >= 0.6 is 11.3 Å². The first kappa shape index (κ1) is 31.5. The highest BCUT2D eigenvalue weighted by atomic mass is 32.2. The van der Waals surface area contributed by atoms with Crippen LogP contribution in [-0.4, -0.2) is 47.1 Å². The Balaban J connectivity index is 1.58. The van der Waals surface area contributed by atoms with Crippen molar-refractivity contribution in [1.82, 2.24) is 25.0 Å². The van der Waals surface area contributed by atoms with E-state index >= 15 is 0 Å². The van der Waals surface area contributed by atoms with Gasteiger partial charge in [0.15, 0.2) is 0 Å². The third-order valence-corrected chi connectivity index (χ3v) is 8.41. The predicted octanol–water partition coefficient (Wildman–Crippen LogP) is 5.62. The van der Waals surface area contributed by atoms with Crippen molar-refractivity contribution in [1.29, 1.82) is 0 Å². The molecule has 0 aliphatic rings. The Labute approximate surface area is 254 Å². The van der Waals surface area contributed by atoms with Gasteiger partial charge in [-0.25, -0.2) is 37.7 Å². The van der Waals surface area contributed by atoms with Crippen LogP contribution in [0.2, 0.25) is 0 Å². The van der Waals surface area contributed by atoms with Crippen molar-refractivity contribution in [3.8, 4) is 21.0 Å². The first-order valence-corrected chi connectivity index (χ1v) is 15.6. The predicted molar refractivity (Wildman–Crippen MR) is 166 cm³/mol. The molecule has 43 heavy (non-hydrogen) atoms. The summed E-state index contributed by atoms with van der Waals surface area (Å²) in [5.41, 5.74) is 2.05. The lowest BCUT2D eigenvalue weighted by Crippen LogP contribution is -2.40. The van der Waals surface area contributed by atoms with Crippen LogP contribution in [0, 0.1) is 0 Å². The van der Waals surface area contributed by atoms with Crippen molar-refractivity contribution in [2.45, 2.75) is 57.7 Å². The SMILES string of the molecule is CC(C)OC(=O)Nc1ccc(-c2ncc(-c3ccc(NC(=O)NCc4cncnc4)cc3S(=O)(=O)NC(C)(C)C)s2)cc1. The van der Waals surface area contributed by atoms with Crippen molar-refractivity contribution in [3.63, 3.8) is 0 Å². The number of ether oxygens (including phenoxy) is 1. The number of rotatable bonds is 9. The Morgan fingerprint density at radius 2 is 1.63 bits per heavy atom. The normalized spacial score (nSPS) is 11.7. The molecule has 226 valence electrons. The minimum absolute atomic E-state index is 0.00454. The van der Waals surface area contributed by atoms with Gasteiger partial charge in [0.25, 0.3) is 0 Å². The van der Waals surface area contributed by atoms with Crippen molar-refractivity contribution < 1.29 is 22.7 Å². The summed E-state index contributed by atoms with van der Waals surface area (Å²) in [6.07, 6.45) is 5.40. The van der Waals surface area contributed by atoms with Gasteiger partial charge in [-0.15, -0.1) is 11.3 Å². The lowest BCUT2D eigenvalue weighted by molar-refractivity contribution is 0.130. The average molecular weight is 624 g/mol. The zero-order valence-corrected chi connectivity index (χ0v) is 26.0. The third kappa shape index (κ3) is 9.04. The summed E-state index contributed by atoms with van der Waals surface area (Å²) in [7, 11) is -4.00. The molecule has 0 spiro atoms.